The Morgan fingerprint density at radius 3 is 2.62 bits per heavy atom. The average Bonchev–Trinajstić information content (AvgIpc) is 2.44. The summed E-state index contributed by atoms with van der Waals surface area (Å²) >= 11 is 0. The van der Waals surface area contributed by atoms with Gasteiger partial charge < -0.3 is 14.8 Å². The van der Waals surface area contributed by atoms with Crippen molar-refractivity contribution in [3.05, 3.63) is 29.8 Å². The lowest BCUT2D eigenvalue weighted by atomic mass is 10.0. The number of nitrogens with one attached hydrogen (secondary N) is 1. The average molecular weight is 301 g/mol. The first-order valence-corrected chi connectivity index (χ1v) is 7.01. The van der Waals surface area contributed by atoms with E-state index in [1.54, 1.807) is 25.1 Å². The molecule has 4 nitrogen and oxygen atoms in total. The first-order valence-electron chi connectivity index (χ1n) is 7.01. The first-order chi connectivity index (χ1) is 10.1. The van der Waals surface area contributed by atoms with E-state index in [1.165, 1.54) is 6.07 Å². The van der Waals surface area contributed by atoms with Crippen LogP contribution in [-0.2, 0) is 9.53 Å². The van der Waals surface area contributed by atoms with Crippen LogP contribution in [0.1, 0.15) is 38.3 Å². The third-order valence-corrected chi connectivity index (χ3v) is 2.83. The second-order valence-electron chi connectivity index (χ2n) is 4.43. The number of carbonyl (C=O) groups is 1. The molecule has 1 aromatic rings. The summed E-state index contributed by atoms with van der Waals surface area (Å²) in [6, 6.07) is 6.05. The Balaban J connectivity index is 2.93. The molecule has 1 unspecified atom stereocenters. The molecule has 0 saturated heterocycles. The van der Waals surface area contributed by atoms with Gasteiger partial charge in [0, 0.05) is 11.6 Å². The lowest BCUT2D eigenvalue weighted by Crippen LogP contribution is -2.26. The van der Waals surface area contributed by atoms with E-state index in [0.717, 1.165) is 6.42 Å². The van der Waals surface area contributed by atoms with E-state index >= 15 is 0 Å². The fraction of sp³-hybridized carbons (Fsp3) is 0.533. The van der Waals surface area contributed by atoms with Gasteiger partial charge in [0.25, 0.3) is 0 Å². The van der Waals surface area contributed by atoms with Crippen LogP contribution >= 0.6 is 0 Å². The summed E-state index contributed by atoms with van der Waals surface area (Å²) in [5, 5.41) is 3.16. The van der Waals surface area contributed by atoms with Crippen molar-refractivity contribution >= 4 is 5.97 Å². The van der Waals surface area contributed by atoms with Crippen molar-refractivity contribution in [2.75, 3.05) is 13.2 Å². The number of hydrogen-bond donors (Lipinski definition) is 1. The highest BCUT2D eigenvalue weighted by Gasteiger charge is 2.21. The molecule has 0 radical (unpaired) electrons. The molecular formula is C15H21F2NO3. The largest absolute Gasteiger partial charge is 0.466 e. The predicted octanol–water partition coefficient (Wildman–Crippen LogP) is 3.28. The van der Waals surface area contributed by atoms with Crippen LogP contribution in [0.15, 0.2) is 24.3 Å². The minimum Gasteiger partial charge on any atom is -0.466 e. The molecule has 0 fully saturated rings. The Bertz CT molecular complexity index is 441. The maximum atomic E-state index is 12.5. The van der Waals surface area contributed by atoms with Crippen LogP contribution in [0.5, 0.6) is 5.75 Å². The Morgan fingerprint density at radius 2 is 2.00 bits per heavy atom. The SMILES string of the molecule is CCCNC(CC(=O)OCC)c1ccccc1OC(F)F. The number of hydrogen-bond acceptors (Lipinski definition) is 4. The summed E-state index contributed by atoms with van der Waals surface area (Å²) in [6.07, 6.45) is 0.925. The van der Waals surface area contributed by atoms with Crippen molar-refractivity contribution < 1.29 is 23.0 Å². The van der Waals surface area contributed by atoms with Gasteiger partial charge in [-0.3, -0.25) is 4.79 Å². The molecule has 21 heavy (non-hydrogen) atoms. The van der Waals surface area contributed by atoms with E-state index in [4.69, 9.17) is 4.74 Å². The van der Waals surface area contributed by atoms with Gasteiger partial charge in [-0.25, -0.2) is 0 Å². The zero-order valence-corrected chi connectivity index (χ0v) is 12.3. The fourth-order valence-corrected chi connectivity index (χ4v) is 1.97. The van der Waals surface area contributed by atoms with Gasteiger partial charge in [0.2, 0.25) is 0 Å². The van der Waals surface area contributed by atoms with Crippen LogP contribution < -0.4 is 10.1 Å². The molecule has 0 saturated carbocycles. The maximum Gasteiger partial charge on any atom is 0.387 e. The minimum absolute atomic E-state index is 0.0669. The summed E-state index contributed by atoms with van der Waals surface area (Å²) in [7, 11) is 0. The molecule has 1 aromatic carbocycles. The molecule has 0 aliphatic rings. The number of rotatable bonds is 9. The fourth-order valence-electron chi connectivity index (χ4n) is 1.97. The van der Waals surface area contributed by atoms with Crippen LogP contribution in [0.2, 0.25) is 0 Å². The first kappa shape index (κ1) is 17.4. The lowest BCUT2D eigenvalue weighted by Gasteiger charge is -2.21. The van der Waals surface area contributed by atoms with Crippen LogP contribution in [0.4, 0.5) is 8.78 Å². The summed E-state index contributed by atoms with van der Waals surface area (Å²) in [5.74, 6) is -0.302. The van der Waals surface area contributed by atoms with E-state index in [1.807, 2.05) is 6.92 Å². The molecule has 0 spiro atoms. The Labute approximate surface area is 123 Å². The maximum absolute atomic E-state index is 12.5. The van der Waals surface area contributed by atoms with E-state index in [-0.39, 0.29) is 24.7 Å². The quantitative estimate of drug-likeness (QED) is 0.711. The smallest absolute Gasteiger partial charge is 0.387 e. The third-order valence-electron chi connectivity index (χ3n) is 2.83. The number of esters is 1. The third kappa shape index (κ3) is 6.08. The molecule has 0 aliphatic carbocycles. The van der Waals surface area contributed by atoms with Crippen LogP contribution in [0, 0.1) is 0 Å². The molecule has 0 heterocycles. The van der Waals surface area contributed by atoms with Crippen molar-refractivity contribution in [3.63, 3.8) is 0 Å². The van der Waals surface area contributed by atoms with E-state index in [2.05, 4.69) is 10.1 Å². The Morgan fingerprint density at radius 1 is 1.29 bits per heavy atom. The molecule has 118 valence electrons. The van der Waals surface area contributed by atoms with Gasteiger partial charge in [-0.2, -0.15) is 8.78 Å². The number of carbonyl (C=O) groups excluding carboxylic acids is 1. The Kier molecular flexibility index (Phi) is 7.68. The number of ether oxygens (including phenoxy) is 2. The molecule has 0 aliphatic heterocycles. The van der Waals surface area contributed by atoms with Crippen LogP contribution in [-0.4, -0.2) is 25.7 Å². The van der Waals surface area contributed by atoms with Crippen molar-refractivity contribution in [1.29, 1.82) is 0 Å². The molecule has 1 atom stereocenters. The van der Waals surface area contributed by atoms with Gasteiger partial charge in [0.05, 0.1) is 13.0 Å². The van der Waals surface area contributed by atoms with Crippen molar-refractivity contribution in [2.45, 2.75) is 39.3 Å². The van der Waals surface area contributed by atoms with Gasteiger partial charge in [-0.1, -0.05) is 25.1 Å². The van der Waals surface area contributed by atoms with Gasteiger partial charge in [0.15, 0.2) is 0 Å². The Hall–Kier alpha value is -1.69. The summed E-state index contributed by atoms with van der Waals surface area (Å²) in [4.78, 5) is 11.7. The van der Waals surface area contributed by atoms with Crippen molar-refractivity contribution in [2.24, 2.45) is 0 Å². The van der Waals surface area contributed by atoms with E-state index in [9.17, 15) is 13.6 Å². The van der Waals surface area contributed by atoms with Gasteiger partial charge in [0.1, 0.15) is 5.75 Å². The number of alkyl halides is 2. The molecule has 0 amide bonds. The topological polar surface area (TPSA) is 47.6 Å². The molecule has 1 N–H and O–H groups in total. The van der Waals surface area contributed by atoms with Gasteiger partial charge >= 0.3 is 12.6 Å². The minimum atomic E-state index is -2.90. The summed E-state index contributed by atoms with van der Waals surface area (Å²) in [6.45, 7) is 1.75. The lowest BCUT2D eigenvalue weighted by molar-refractivity contribution is -0.143. The zero-order chi connectivity index (χ0) is 15.7. The molecule has 0 aromatic heterocycles. The highest BCUT2D eigenvalue weighted by atomic mass is 19.3. The monoisotopic (exact) mass is 301 g/mol. The number of halogens is 2. The number of para-hydroxylation sites is 1. The molecule has 6 heteroatoms. The van der Waals surface area contributed by atoms with Crippen LogP contribution in [0.25, 0.3) is 0 Å². The van der Waals surface area contributed by atoms with Gasteiger partial charge in [-0.15, -0.1) is 0 Å². The highest BCUT2D eigenvalue weighted by molar-refractivity contribution is 5.70. The highest BCUT2D eigenvalue weighted by Crippen LogP contribution is 2.28. The summed E-state index contributed by atoms with van der Waals surface area (Å²) in [5.41, 5.74) is 0.527. The van der Waals surface area contributed by atoms with E-state index in [0.29, 0.717) is 12.1 Å². The molecule has 0 bridgehead atoms. The van der Waals surface area contributed by atoms with Crippen molar-refractivity contribution in [3.8, 4) is 5.75 Å². The second kappa shape index (κ2) is 9.28. The summed E-state index contributed by atoms with van der Waals surface area (Å²) < 4.78 is 34.4. The van der Waals surface area contributed by atoms with Crippen LogP contribution in [0.3, 0.4) is 0 Å². The van der Waals surface area contributed by atoms with Gasteiger partial charge in [-0.05, 0) is 26.0 Å². The molecule has 1 rings (SSSR count). The second-order valence-corrected chi connectivity index (χ2v) is 4.43. The standard InChI is InChI=1S/C15H21F2NO3/c1-3-9-18-12(10-14(19)20-4-2)11-7-5-6-8-13(11)21-15(16)17/h5-8,12,15,18H,3-4,9-10H2,1-2H3. The number of benzene rings is 1. The van der Waals surface area contributed by atoms with E-state index < -0.39 is 12.7 Å². The predicted molar refractivity (Wildman–Crippen MR) is 75.4 cm³/mol. The normalized spacial score (nSPS) is 12.2. The molecular weight excluding hydrogens is 280 g/mol. The van der Waals surface area contributed by atoms with Crippen molar-refractivity contribution in [1.82, 2.24) is 5.32 Å². The zero-order valence-electron chi connectivity index (χ0n) is 12.3.